The molecule has 2 N–H and O–H groups in total. The fraction of sp³-hybridized carbons (Fsp3) is 0.600. The molecule has 1 fully saturated rings. The van der Waals surface area contributed by atoms with Crippen molar-refractivity contribution in [2.45, 2.75) is 44.1 Å². The highest BCUT2D eigenvalue weighted by atomic mass is 16.3. The summed E-state index contributed by atoms with van der Waals surface area (Å²) in [5.74, 6) is 0.659. The van der Waals surface area contributed by atoms with Gasteiger partial charge in [0.25, 0.3) is 0 Å². The predicted octanol–water partition coefficient (Wildman–Crippen LogP) is 2.99. The third-order valence-electron chi connectivity index (χ3n) is 3.80. The number of benzene rings is 1. The summed E-state index contributed by atoms with van der Waals surface area (Å²) in [6, 6.07) is 8.40. The highest BCUT2D eigenvalue weighted by Crippen LogP contribution is 2.35. The number of likely N-dealkylation sites (N-methyl/N-ethyl adjacent to an activating group) is 1. The Labute approximate surface area is 104 Å². The highest BCUT2D eigenvalue weighted by molar-refractivity contribution is 5.32. The Bertz CT molecular complexity index is 345. The number of nitrogens with one attached hydrogen (secondary N) is 1. The molecule has 0 bridgehead atoms. The van der Waals surface area contributed by atoms with E-state index in [1.807, 2.05) is 13.1 Å². The van der Waals surface area contributed by atoms with Crippen LogP contribution >= 0.6 is 0 Å². The first kappa shape index (κ1) is 12.6. The van der Waals surface area contributed by atoms with Crippen LogP contribution in [0.5, 0.6) is 0 Å². The number of aliphatic hydroxyl groups is 1. The summed E-state index contributed by atoms with van der Waals surface area (Å²) in [7, 11) is 1.88. The first-order chi connectivity index (χ1) is 8.33. The van der Waals surface area contributed by atoms with E-state index in [2.05, 4.69) is 23.5 Å². The average molecular weight is 233 g/mol. The first-order valence-corrected chi connectivity index (χ1v) is 6.74. The van der Waals surface area contributed by atoms with Gasteiger partial charge in [0.15, 0.2) is 0 Å². The molecule has 0 aromatic heterocycles. The predicted molar refractivity (Wildman–Crippen MR) is 71.2 cm³/mol. The van der Waals surface area contributed by atoms with E-state index in [9.17, 15) is 5.11 Å². The van der Waals surface area contributed by atoms with Gasteiger partial charge in [-0.2, -0.15) is 0 Å². The van der Waals surface area contributed by atoms with Gasteiger partial charge in [0, 0.05) is 6.54 Å². The molecule has 0 amide bonds. The van der Waals surface area contributed by atoms with Gasteiger partial charge in [-0.25, -0.2) is 0 Å². The van der Waals surface area contributed by atoms with Crippen molar-refractivity contribution in [1.29, 1.82) is 0 Å². The molecule has 1 aliphatic rings. The second-order valence-corrected chi connectivity index (χ2v) is 5.04. The Morgan fingerprint density at radius 2 is 1.94 bits per heavy atom. The average Bonchev–Trinajstić information content (AvgIpc) is 2.40. The summed E-state index contributed by atoms with van der Waals surface area (Å²) in [5.41, 5.74) is 2.49. The van der Waals surface area contributed by atoms with E-state index in [1.165, 1.54) is 37.7 Å². The summed E-state index contributed by atoms with van der Waals surface area (Å²) in [6.07, 6.45) is 6.23. The molecule has 1 unspecified atom stereocenters. The maximum Gasteiger partial charge on any atom is 0.0917 e. The van der Waals surface area contributed by atoms with Crippen molar-refractivity contribution in [3.8, 4) is 0 Å². The molecule has 0 aliphatic heterocycles. The number of aliphatic hydroxyl groups excluding tert-OH is 1. The van der Waals surface area contributed by atoms with Crippen molar-refractivity contribution in [2.24, 2.45) is 0 Å². The Morgan fingerprint density at radius 1 is 1.24 bits per heavy atom. The second kappa shape index (κ2) is 6.18. The molecule has 2 heteroatoms. The minimum Gasteiger partial charge on any atom is -0.387 e. The zero-order valence-corrected chi connectivity index (χ0v) is 10.7. The molecule has 0 saturated heterocycles. The van der Waals surface area contributed by atoms with Gasteiger partial charge >= 0.3 is 0 Å². The monoisotopic (exact) mass is 233 g/mol. The topological polar surface area (TPSA) is 32.3 Å². The van der Waals surface area contributed by atoms with Crippen LogP contribution in [-0.4, -0.2) is 18.7 Å². The Hall–Kier alpha value is -0.860. The van der Waals surface area contributed by atoms with Gasteiger partial charge in [0.1, 0.15) is 0 Å². The van der Waals surface area contributed by atoms with Gasteiger partial charge in [-0.3, -0.25) is 0 Å². The maximum atomic E-state index is 10.2. The van der Waals surface area contributed by atoms with E-state index in [0.29, 0.717) is 12.5 Å². The van der Waals surface area contributed by atoms with Gasteiger partial charge in [-0.15, -0.1) is 0 Å². The van der Waals surface area contributed by atoms with Crippen molar-refractivity contribution in [3.05, 3.63) is 35.4 Å². The number of hydrogen-bond acceptors (Lipinski definition) is 2. The lowest BCUT2D eigenvalue weighted by Crippen LogP contribution is -2.19. The van der Waals surface area contributed by atoms with Gasteiger partial charge < -0.3 is 10.4 Å². The van der Waals surface area contributed by atoms with Crippen molar-refractivity contribution in [2.75, 3.05) is 13.6 Å². The van der Waals surface area contributed by atoms with Crippen molar-refractivity contribution >= 4 is 0 Å². The van der Waals surface area contributed by atoms with E-state index in [-0.39, 0.29) is 6.10 Å². The van der Waals surface area contributed by atoms with Crippen LogP contribution in [0.4, 0.5) is 0 Å². The third-order valence-corrected chi connectivity index (χ3v) is 3.80. The molecule has 2 rings (SSSR count). The molecule has 2 nitrogen and oxygen atoms in total. The molecular formula is C15H23NO. The molecule has 0 radical (unpaired) electrons. The first-order valence-electron chi connectivity index (χ1n) is 6.74. The molecular weight excluding hydrogens is 210 g/mol. The Morgan fingerprint density at radius 3 is 2.65 bits per heavy atom. The van der Waals surface area contributed by atoms with Gasteiger partial charge in [-0.05, 0) is 36.9 Å². The summed E-state index contributed by atoms with van der Waals surface area (Å²) in [5, 5.41) is 13.2. The van der Waals surface area contributed by atoms with Gasteiger partial charge in [0.2, 0.25) is 0 Å². The lowest BCUT2D eigenvalue weighted by Gasteiger charge is -2.26. The van der Waals surface area contributed by atoms with Crippen molar-refractivity contribution < 1.29 is 5.11 Å². The molecule has 1 aliphatic carbocycles. The van der Waals surface area contributed by atoms with E-state index < -0.39 is 0 Å². The van der Waals surface area contributed by atoms with Crippen molar-refractivity contribution in [1.82, 2.24) is 5.32 Å². The molecule has 94 valence electrons. The molecule has 1 atom stereocenters. The van der Waals surface area contributed by atoms with Crippen LogP contribution in [0.1, 0.15) is 55.3 Å². The quantitative estimate of drug-likeness (QED) is 0.838. The minimum absolute atomic E-state index is 0.377. The summed E-state index contributed by atoms with van der Waals surface area (Å²) in [6.45, 7) is 0.629. The van der Waals surface area contributed by atoms with Gasteiger partial charge in [-0.1, -0.05) is 43.5 Å². The lowest BCUT2D eigenvalue weighted by molar-refractivity contribution is 0.175. The highest BCUT2D eigenvalue weighted by Gasteiger charge is 2.20. The van der Waals surface area contributed by atoms with Gasteiger partial charge in [0.05, 0.1) is 6.10 Å². The van der Waals surface area contributed by atoms with E-state index in [4.69, 9.17) is 0 Å². The van der Waals surface area contributed by atoms with E-state index in [1.54, 1.807) is 0 Å². The zero-order chi connectivity index (χ0) is 12.1. The van der Waals surface area contributed by atoms with E-state index in [0.717, 1.165) is 5.56 Å². The molecule has 1 aromatic rings. The third kappa shape index (κ3) is 3.08. The standard InChI is InChI=1S/C15H23NO/c1-16-11-15(17)14-10-6-5-9-13(14)12-7-3-2-4-8-12/h5-6,9-10,12,15-17H,2-4,7-8,11H2,1H3. The summed E-state index contributed by atoms with van der Waals surface area (Å²) in [4.78, 5) is 0. The maximum absolute atomic E-state index is 10.2. The lowest BCUT2D eigenvalue weighted by atomic mass is 9.81. The number of rotatable bonds is 4. The molecule has 1 aromatic carbocycles. The SMILES string of the molecule is CNCC(O)c1ccccc1C1CCCCC1. The number of hydrogen-bond donors (Lipinski definition) is 2. The van der Waals surface area contributed by atoms with Crippen LogP contribution in [0.2, 0.25) is 0 Å². The molecule has 0 heterocycles. The van der Waals surface area contributed by atoms with Crippen LogP contribution in [0.25, 0.3) is 0 Å². The second-order valence-electron chi connectivity index (χ2n) is 5.04. The van der Waals surface area contributed by atoms with Crippen LogP contribution in [-0.2, 0) is 0 Å². The Balaban J connectivity index is 2.19. The van der Waals surface area contributed by atoms with E-state index >= 15 is 0 Å². The largest absolute Gasteiger partial charge is 0.387 e. The van der Waals surface area contributed by atoms with Crippen LogP contribution in [0.15, 0.2) is 24.3 Å². The van der Waals surface area contributed by atoms with Crippen LogP contribution < -0.4 is 5.32 Å². The fourth-order valence-electron chi connectivity index (χ4n) is 2.90. The molecule has 1 saturated carbocycles. The smallest absolute Gasteiger partial charge is 0.0917 e. The fourth-order valence-corrected chi connectivity index (χ4v) is 2.90. The minimum atomic E-state index is -0.377. The molecule has 17 heavy (non-hydrogen) atoms. The van der Waals surface area contributed by atoms with Crippen LogP contribution in [0.3, 0.4) is 0 Å². The Kier molecular flexibility index (Phi) is 4.57. The van der Waals surface area contributed by atoms with Crippen LogP contribution in [0, 0.1) is 0 Å². The normalized spacial score (nSPS) is 19.2. The molecule has 0 spiro atoms. The van der Waals surface area contributed by atoms with Crippen molar-refractivity contribution in [3.63, 3.8) is 0 Å². The summed E-state index contributed by atoms with van der Waals surface area (Å²) >= 11 is 0. The summed E-state index contributed by atoms with van der Waals surface area (Å²) < 4.78 is 0. The zero-order valence-electron chi connectivity index (χ0n) is 10.7.